The number of hydrogen-bond acceptors (Lipinski definition) is 9. The van der Waals surface area contributed by atoms with E-state index < -0.39 is 16.9 Å². The minimum absolute atomic E-state index is 0.0155. The number of nitro benzene ring substituents is 1. The van der Waals surface area contributed by atoms with E-state index in [0.717, 1.165) is 56.1 Å². The van der Waals surface area contributed by atoms with Crippen LogP contribution in [0.3, 0.4) is 0 Å². The van der Waals surface area contributed by atoms with E-state index in [2.05, 4.69) is 11.0 Å². The Hall–Kier alpha value is -4.09. The maximum absolute atomic E-state index is 13.5. The van der Waals surface area contributed by atoms with Crippen molar-refractivity contribution in [1.82, 2.24) is 9.80 Å². The largest absolute Gasteiger partial charge is 0.489 e. The fraction of sp³-hybridized carbons (Fsp3) is 0.469. The van der Waals surface area contributed by atoms with Crippen LogP contribution in [-0.2, 0) is 25.6 Å². The van der Waals surface area contributed by atoms with Gasteiger partial charge in [-0.3, -0.25) is 19.8 Å². The third-order valence-corrected chi connectivity index (χ3v) is 8.72. The van der Waals surface area contributed by atoms with Crippen LogP contribution in [0.1, 0.15) is 47.8 Å². The number of hydrogen-bond donors (Lipinski definition) is 0. The maximum atomic E-state index is 13.5. The second-order valence-corrected chi connectivity index (χ2v) is 11.8. The summed E-state index contributed by atoms with van der Waals surface area (Å²) in [5.74, 6) is -1.79. The topological polar surface area (TPSA) is 129 Å². The molecule has 2 fully saturated rings. The fourth-order valence-electron chi connectivity index (χ4n) is 6.25. The van der Waals surface area contributed by atoms with Crippen molar-refractivity contribution in [3.05, 3.63) is 80.0 Å². The average Bonchev–Trinajstić information content (AvgIpc) is 3.22. The van der Waals surface area contributed by atoms with Gasteiger partial charge in [0.05, 0.1) is 35.7 Å². The third-order valence-electron chi connectivity index (χ3n) is 8.72. The molecule has 3 heterocycles. The Bertz CT molecular complexity index is 1480. The molecule has 2 saturated heterocycles. The number of amides is 1. The Balaban J connectivity index is 1.37. The molecule has 228 valence electrons. The maximum Gasteiger partial charge on any atom is 0.363 e. The van der Waals surface area contributed by atoms with Gasteiger partial charge in [0.15, 0.2) is 0 Å². The average molecular weight is 592 g/mol. The third kappa shape index (κ3) is 5.92. The lowest BCUT2D eigenvalue weighted by atomic mass is 9.74. The second-order valence-electron chi connectivity index (χ2n) is 11.8. The van der Waals surface area contributed by atoms with E-state index >= 15 is 0 Å². The number of morpholine rings is 1. The number of carbonyl (C=O) groups is 3. The summed E-state index contributed by atoms with van der Waals surface area (Å²) >= 11 is 0. The van der Waals surface area contributed by atoms with Crippen molar-refractivity contribution in [2.75, 3.05) is 32.9 Å². The number of fused-ring (bicyclic) bond motifs is 1. The van der Waals surface area contributed by atoms with Crippen molar-refractivity contribution in [3.63, 3.8) is 0 Å². The van der Waals surface area contributed by atoms with Crippen LogP contribution >= 0.6 is 0 Å². The highest BCUT2D eigenvalue weighted by Crippen LogP contribution is 2.48. The van der Waals surface area contributed by atoms with Gasteiger partial charge in [-0.2, -0.15) is 0 Å². The lowest BCUT2D eigenvalue weighted by molar-refractivity contribution is -0.384. The zero-order chi connectivity index (χ0) is 31.0. The van der Waals surface area contributed by atoms with E-state index in [1.807, 2.05) is 40.7 Å². The van der Waals surface area contributed by atoms with Crippen molar-refractivity contribution in [2.45, 2.75) is 47.2 Å². The SMILES string of the molecule is Cc1cc(OCC2=C(C(=O)OC(=O)c3ccc([N+](=O)[O-])cc3)N3C(=O)[C@H](C(C)C)[C@H]3[C@H]2C)c(C)cc1CN1CCOCC1. The van der Waals surface area contributed by atoms with Gasteiger partial charge >= 0.3 is 11.9 Å². The molecular formula is C32H37N3O8. The molecule has 2 aromatic rings. The summed E-state index contributed by atoms with van der Waals surface area (Å²) in [6.07, 6.45) is 0. The summed E-state index contributed by atoms with van der Waals surface area (Å²) in [6.45, 7) is 14.0. The molecule has 43 heavy (non-hydrogen) atoms. The van der Waals surface area contributed by atoms with Gasteiger partial charge in [-0.15, -0.1) is 0 Å². The zero-order valence-corrected chi connectivity index (χ0v) is 25.1. The normalized spacial score (nSPS) is 22.0. The number of non-ortho nitro benzene ring substituents is 1. The van der Waals surface area contributed by atoms with Crippen LogP contribution in [0.15, 0.2) is 47.7 Å². The molecule has 5 rings (SSSR count). The zero-order valence-electron chi connectivity index (χ0n) is 25.1. The highest BCUT2D eigenvalue weighted by Gasteiger charge is 2.59. The smallest absolute Gasteiger partial charge is 0.363 e. The molecule has 1 amide bonds. The first-order valence-electron chi connectivity index (χ1n) is 14.6. The van der Waals surface area contributed by atoms with Gasteiger partial charge < -0.3 is 19.1 Å². The molecule has 11 heteroatoms. The standard InChI is InChI=1S/C32H37N3O8/c1-18(2)27-28-21(5)25(17-42-26-15-19(3)23(14-20(26)4)16-33-10-12-41-13-11-33)29(34(28)30(27)36)32(38)43-31(37)22-6-8-24(9-7-22)35(39)40/h6-9,14-15,18,21,27-28H,10-13,16-17H2,1-5H3/t21-,27+,28+/m0/s1. The van der Waals surface area contributed by atoms with E-state index in [1.54, 1.807) is 0 Å². The first-order chi connectivity index (χ1) is 20.5. The van der Waals surface area contributed by atoms with E-state index in [0.29, 0.717) is 11.3 Å². The minimum Gasteiger partial charge on any atom is -0.489 e. The van der Waals surface area contributed by atoms with Crippen molar-refractivity contribution in [3.8, 4) is 5.75 Å². The molecule has 0 aliphatic carbocycles. The van der Waals surface area contributed by atoms with Crippen LogP contribution < -0.4 is 4.74 Å². The summed E-state index contributed by atoms with van der Waals surface area (Å²) in [7, 11) is 0. The second kappa shape index (κ2) is 12.3. The first-order valence-corrected chi connectivity index (χ1v) is 14.6. The molecule has 0 unspecified atom stereocenters. The Morgan fingerprint density at radius 2 is 1.74 bits per heavy atom. The molecule has 3 aliphatic rings. The van der Waals surface area contributed by atoms with Gasteiger partial charge in [0.2, 0.25) is 5.91 Å². The summed E-state index contributed by atoms with van der Waals surface area (Å²) in [5.41, 5.74) is 3.68. The monoisotopic (exact) mass is 591 g/mol. The summed E-state index contributed by atoms with van der Waals surface area (Å²) in [6, 6.07) is 8.66. The van der Waals surface area contributed by atoms with Crippen molar-refractivity contribution in [1.29, 1.82) is 0 Å². The van der Waals surface area contributed by atoms with E-state index in [4.69, 9.17) is 14.2 Å². The predicted molar refractivity (Wildman–Crippen MR) is 156 cm³/mol. The molecule has 0 spiro atoms. The Labute approximate surface area is 250 Å². The fourth-order valence-corrected chi connectivity index (χ4v) is 6.25. The number of aryl methyl sites for hydroxylation is 2. The summed E-state index contributed by atoms with van der Waals surface area (Å²) < 4.78 is 17.0. The highest BCUT2D eigenvalue weighted by molar-refractivity contribution is 6.06. The number of ether oxygens (including phenoxy) is 3. The Kier molecular flexibility index (Phi) is 8.66. The highest BCUT2D eigenvalue weighted by atomic mass is 16.6. The lowest BCUT2D eigenvalue weighted by Crippen LogP contribution is -2.62. The molecule has 3 aliphatic heterocycles. The number of nitrogens with zero attached hydrogens (tertiary/aromatic N) is 3. The molecule has 3 atom stereocenters. The van der Waals surface area contributed by atoms with Crippen LogP contribution in [0.5, 0.6) is 5.75 Å². The van der Waals surface area contributed by atoms with Crippen LogP contribution in [0.4, 0.5) is 5.69 Å². The van der Waals surface area contributed by atoms with Gasteiger partial charge in [0, 0.05) is 43.3 Å². The lowest BCUT2D eigenvalue weighted by Gasteiger charge is -2.47. The van der Waals surface area contributed by atoms with Crippen LogP contribution in [0, 0.1) is 41.7 Å². The Morgan fingerprint density at radius 1 is 1.07 bits per heavy atom. The number of nitro groups is 1. The molecule has 0 N–H and O–H groups in total. The summed E-state index contributed by atoms with van der Waals surface area (Å²) in [5, 5.41) is 11.0. The number of benzene rings is 2. The van der Waals surface area contributed by atoms with E-state index in [9.17, 15) is 24.5 Å². The molecule has 2 aromatic carbocycles. The minimum atomic E-state index is -0.959. The van der Waals surface area contributed by atoms with Gasteiger partial charge in [-0.25, -0.2) is 9.59 Å². The quantitative estimate of drug-likeness (QED) is 0.139. The first kappa shape index (κ1) is 30.4. The van der Waals surface area contributed by atoms with Crippen molar-refractivity contribution >= 4 is 23.5 Å². The van der Waals surface area contributed by atoms with E-state index in [1.165, 1.54) is 22.6 Å². The molecule has 0 radical (unpaired) electrons. The summed E-state index contributed by atoms with van der Waals surface area (Å²) in [4.78, 5) is 53.6. The van der Waals surface area contributed by atoms with Crippen molar-refractivity contribution < 1.29 is 33.5 Å². The number of carbonyl (C=O) groups excluding carboxylic acids is 3. The molecule has 0 bridgehead atoms. The van der Waals surface area contributed by atoms with Gasteiger partial charge in [-0.05, 0) is 54.7 Å². The molecule has 0 aromatic heterocycles. The van der Waals surface area contributed by atoms with Crippen LogP contribution in [0.25, 0.3) is 0 Å². The van der Waals surface area contributed by atoms with Gasteiger partial charge in [0.25, 0.3) is 5.69 Å². The van der Waals surface area contributed by atoms with Crippen LogP contribution in [0.2, 0.25) is 0 Å². The molecule has 11 nitrogen and oxygen atoms in total. The van der Waals surface area contributed by atoms with Gasteiger partial charge in [-0.1, -0.05) is 26.8 Å². The van der Waals surface area contributed by atoms with Crippen molar-refractivity contribution in [2.24, 2.45) is 17.8 Å². The van der Waals surface area contributed by atoms with Crippen LogP contribution in [-0.4, -0.2) is 71.5 Å². The molecular weight excluding hydrogens is 554 g/mol. The number of rotatable bonds is 9. The van der Waals surface area contributed by atoms with Gasteiger partial charge in [0.1, 0.15) is 18.1 Å². The predicted octanol–water partition coefficient (Wildman–Crippen LogP) is 4.19. The van der Waals surface area contributed by atoms with E-state index in [-0.39, 0.29) is 53.3 Å². The number of β-lactam (4-membered cyclic amide) rings is 1. The molecule has 0 saturated carbocycles. The number of esters is 2. The Morgan fingerprint density at radius 3 is 2.37 bits per heavy atom.